The quantitative estimate of drug-likeness (QED) is 0.848. The molecule has 0 atom stereocenters. The van der Waals surface area contributed by atoms with Gasteiger partial charge >= 0.3 is 0 Å². The topological polar surface area (TPSA) is 38.9 Å². The summed E-state index contributed by atoms with van der Waals surface area (Å²) >= 11 is 0. The van der Waals surface area contributed by atoms with Crippen LogP contribution >= 0.6 is 0 Å². The van der Waals surface area contributed by atoms with E-state index in [2.05, 4.69) is 41.4 Å². The molecule has 0 aliphatic heterocycles. The van der Waals surface area contributed by atoms with Gasteiger partial charge in [-0.05, 0) is 42.2 Å². The zero-order valence-corrected chi connectivity index (χ0v) is 9.48. The van der Waals surface area contributed by atoms with Gasteiger partial charge in [0, 0.05) is 18.4 Å². The van der Waals surface area contributed by atoms with Gasteiger partial charge in [-0.15, -0.1) is 0 Å². The average Bonchev–Trinajstić information content (AvgIpc) is 2.30. The van der Waals surface area contributed by atoms with Gasteiger partial charge < -0.3 is 5.73 Å². The normalized spacial score (nSPS) is 10.4. The molecule has 1 aromatic carbocycles. The number of nitrogens with zero attached hydrogens (tertiary/aromatic N) is 1. The van der Waals surface area contributed by atoms with Gasteiger partial charge in [0.05, 0.1) is 0 Å². The van der Waals surface area contributed by atoms with E-state index in [0.717, 1.165) is 12.1 Å². The second-order valence-corrected chi connectivity index (χ2v) is 4.00. The summed E-state index contributed by atoms with van der Waals surface area (Å²) in [4.78, 5) is 4.19. The van der Waals surface area contributed by atoms with Crippen molar-refractivity contribution in [1.29, 1.82) is 0 Å². The number of aromatic nitrogens is 1. The van der Waals surface area contributed by atoms with E-state index in [4.69, 9.17) is 5.73 Å². The molecule has 1 aromatic heterocycles. The molecule has 0 saturated carbocycles. The summed E-state index contributed by atoms with van der Waals surface area (Å²) in [6, 6.07) is 12.6. The molecule has 2 N–H and O–H groups in total. The van der Waals surface area contributed by atoms with Crippen LogP contribution in [0.1, 0.15) is 22.4 Å². The SMILES string of the molecule is Cc1cc(Cc2ccc(CN)cc2)ccn1. The lowest BCUT2D eigenvalue weighted by molar-refractivity contribution is 1.06. The fourth-order valence-electron chi connectivity index (χ4n) is 1.74. The van der Waals surface area contributed by atoms with Crippen molar-refractivity contribution in [2.24, 2.45) is 5.73 Å². The predicted molar refractivity (Wildman–Crippen MR) is 66.1 cm³/mol. The lowest BCUT2D eigenvalue weighted by atomic mass is 10.0. The maximum atomic E-state index is 5.56. The monoisotopic (exact) mass is 212 g/mol. The average molecular weight is 212 g/mol. The Labute approximate surface area is 96.1 Å². The Hall–Kier alpha value is -1.67. The van der Waals surface area contributed by atoms with Crippen LogP contribution in [0, 0.1) is 6.92 Å². The van der Waals surface area contributed by atoms with Crippen molar-refractivity contribution < 1.29 is 0 Å². The summed E-state index contributed by atoms with van der Waals surface area (Å²) < 4.78 is 0. The zero-order valence-electron chi connectivity index (χ0n) is 9.48. The second-order valence-electron chi connectivity index (χ2n) is 4.00. The fraction of sp³-hybridized carbons (Fsp3) is 0.214. The van der Waals surface area contributed by atoms with Crippen LogP contribution in [-0.2, 0) is 13.0 Å². The van der Waals surface area contributed by atoms with Gasteiger partial charge in [0.25, 0.3) is 0 Å². The molecule has 1 heterocycles. The van der Waals surface area contributed by atoms with Crippen LogP contribution in [0.4, 0.5) is 0 Å². The van der Waals surface area contributed by atoms with Crippen molar-refractivity contribution >= 4 is 0 Å². The van der Waals surface area contributed by atoms with E-state index in [9.17, 15) is 0 Å². The van der Waals surface area contributed by atoms with E-state index >= 15 is 0 Å². The van der Waals surface area contributed by atoms with E-state index in [-0.39, 0.29) is 0 Å². The van der Waals surface area contributed by atoms with Crippen LogP contribution in [0.2, 0.25) is 0 Å². The summed E-state index contributed by atoms with van der Waals surface area (Å²) in [7, 11) is 0. The Morgan fingerprint density at radius 3 is 2.31 bits per heavy atom. The van der Waals surface area contributed by atoms with Crippen molar-refractivity contribution in [3.63, 3.8) is 0 Å². The van der Waals surface area contributed by atoms with Gasteiger partial charge in [-0.2, -0.15) is 0 Å². The molecule has 0 amide bonds. The van der Waals surface area contributed by atoms with Crippen LogP contribution in [0.15, 0.2) is 42.6 Å². The van der Waals surface area contributed by atoms with Crippen LogP contribution in [0.5, 0.6) is 0 Å². The minimum Gasteiger partial charge on any atom is -0.326 e. The first kappa shape index (κ1) is 10.8. The minimum absolute atomic E-state index is 0.606. The van der Waals surface area contributed by atoms with E-state index in [1.54, 1.807) is 0 Å². The highest BCUT2D eigenvalue weighted by Gasteiger charge is 1.97. The van der Waals surface area contributed by atoms with Gasteiger partial charge in [-0.25, -0.2) is 0 Å². The molecule has 0 unspecified atom stereocenters. The summed E-state index contributed by atoms with van der Waals surface area (Å²) in [5, 5.41) is 0. The molecule has 2 aromatic rings. The lowest BCUT2D eigenvalue weighted by Crippen LogP contribution is -1.96. The Kier molecular flexibility index (Phi) is 3.32. The summed E-state index contributed by atoms with van der Waals surface area (Å²) in [6.07, 6.45) is 2.81. The van der Waals surface area contributed by atoms with E-state index in [1.165, 1.54) is 16.7 Å². The van der Waals surface area contributed by atoms with Crippen LogP contribution < -0.4 is 5.73 Å². The highest BCUT2D eigenvalue weighted by atomic mass is 14.6. The molecule has 0 radical (unpaired) electrons. The predicted octanol–water partition coefficient (Wildman–Crippen LogP) is 2.44. The maximum Gasteiger partial charge on any atom is 0.0375 e. The molecular formula is C14H16N2. The number of aryl methyl sites for hydroxylation is 1. The van der Waals surface area contributed by atoms with Crippen molar-refractivity contribution in [1.82, 2.24) is 4.98 Å². The molecule has 0 spiro atoms. The molecule has 2 heteroatoms. The van der Waals surface area contributed by atoms with Crippen LogP contribution in [0.25, 0.3) is 0 Å². The largest absolute Gasteiger partial charge is 0.326 e. The maximum absolute atomic E-state index is 5.56. The molecule has 0 aliphatic rings. The van der Waals surface area contributed by atoms with E-state index in [1.807, 2.05) is 13.1 Å². The van der Waals surface area contributed by atoms with E-state index < -0.39 is 0 Å². The molecule has 82 valence electrons. The van der Waals surface area contributed by atoms with Gasteiger partial charge in [0.15, 0.2) is 0 Å². The van der Waals surface area contributed by atoms with Crippen LogP contribution in [-0.4, -0.2) is 4.98 Å². The Morgan fingerprint density at radius 2 is 1.69 bits per heavy atom. The number of pyridine rings is 1. The Morgan fingerprint density at radius 1 is 1.00 bits per heavy atom. The summed E-state index contributed by atoms with van der Waals surface area (Å²) in [5.74, 6) is 0. The first-order valence-electron chi connectivity index (χ1n) is 5.47. The Bertz CT molecular complexity index is 460. The molecule has 2 nitrogen and oxygen atoms in total. The fourth-order valence-corrected chi connectivity index (χ4v) is 1.74. The van der Waals surface area contributed by atoms with Crippen molar-refractivity contribution in [2.75, 3.05) is 0 Å². The molecule has 0 aliphatic carbocycles. The van der Waals surface area contributed by atoms with Crippen molar-refractivity contribution in [3.8, 4) is 0 Å². The molecule has 0 fully saturated rings. The van der Waals surface area contributed by atoms with Crippen LogP contribution in [0.3, 0.4) is 0 Å². The molecule has 2 rings (SSSR count). The number of hydrogen-bond acceptors (Lipinski definition) is 2. The van der Waals surface area contributed by atoms with Gasteiger partial charge in [0.1, 0.15) is 0 Å². The summed E-state index contributed by atoms with van der Waals surface area (Å²) in [6.45, 7) is 2.62. The molecule has 0 saturated heterocycles. The number of benzene rings is 1. The number of hydrogen-bond donors (Lipinski definition) is 1. The third kappa shape index (κ3) is 2.67. The molecular weight excluding hydrogens is 196 g/mol. The third-order valence-corrected chi connectivity index (χ3v) is 2.63. The van der Waals surface area contributed by atoms with Gasteiger partial charge in [-0.3, -0.25) is 4.98 Å². The molecule has 0 bridgehead atoms. The molecule has 16 heavy (non-hydrogen) atoms. The van der Waals surface area contributed by atoms with E-state index in [0.29, 0.717) is 6.54 Å². The van der Waals surface area contributed by atoms with Gasteiger partial charge in [0.2, 0.25) is 0 Å². The van der Waals surface area contributed by atoms with Crippen molar-refractivity contribution in [2.45, 2.75) is 19.9 Å². The minimum atomic E-state index is 0.606. The number of nitrogens with two attached hydrogens (primary N) is 1. The standard InChI is InChI=1S/C14H16N2/c1-11-8-14(6-7-16-11)9-12-2-4-13(10-15)5-3-12/h2-8H,9-10,15H2,1H3. The first-order chi connectivity index (χ1) is 7.78. The first-order valence-corrected chi connectivity index (χ1v) is 5.47. The third-order valence-electron chi connectivity index (χ3n) is 2.63. The number of rotatable bonds is 3. The smallest absolute Gasteiger partial charge is 0.0375 e. The van der Waals surface area contributed by atoms with Crippen molar-refractivity contribution in [3.05, 3.63) is 65.0 Å². The zero-order chi connectivity index (χ0) is 11.4. The highest BCUT2D eigenvalue weighted by molar-refractivity contribution is 5.28. The Balaban J connectivity index is 2.14. The van der Waals surface area contributed by atoms with Gasteiger partial charge in [-0.1, -0.05) is 24.3 Å². The second kappa shape index (κ2) is 4.90. The lowest BCUT2D eigenvalue weighted by Gasteiger charge is -2.03. The summed E-state index contributed by atoms with van der Waals surface area (Å²) in [5.41, 5.74) is 10.4. The highest BCUT2D eigenvalue weighted by Crippen LogP contribution is 2.11.